The summed E-state index contributed by atoms with van der Waals surface area (Å²) < 4.78 is 5.11. The second-order valence-electron chi connectivity index (χ2n) is 5.02. The van der Waals surface area contributed by atoms with E-state index < -0.39 is 0 Å². The zero-order valence-electron chi connectivity index (χ0n) is 11.7. The third-order valence-corrected chi connectivity index (χ3v) is 2.87. The van der Waals surface area contributed by atoms with Crippen molar-refractivity contribution in [3.05, 3.63) is 0 Å². The van der Waals surface area contributed by atoms with Crippen LogP contribution in [0.4, 0.5) is 0 Å². The van der Waals surface area contributed by atoms with Crippen molar-refractivity contribution in [3.63, 3.8) is 0 Å². The van der Waals surface area contributed by atoms with Gasteiger partial charge in [0.2, 0.25) is 0 Å². The van der Waals surface area contributed by atoms with Crippen molar-refractivity contribution in [2.45, 2.75) is 78.1 Å². The first-order valence-corrected chi connectivity index (χ1v) is 6.99. The summed E-state index contributed by atoms with van der Waals surface area (Å²) in [5.41, 5.74) is 0. The number of hydrogen-bond donors (Lipinski definition) is 0. The maximum atomic E-state index is 11.4. The van der Waals surface area contributed by atoms with Crippen LogP contribution in [0.15, 0.2) is 0 Å². The monoisotopic (exact) mass is 238 g/mol. The summed E-state index contributed by atoms with van der Waals surface area (Å²) in [4.78, 5) is 11.4. The lowest BCUT2D eigenvalue weighted by molar-refractivity contribution is -0.147. The average Bonchev–Trinajstić information content (AvgIpc) is 2.24. The topological polar surface area (TPSA) is 26.3 Å². The van der Waals surface area contributed by atoms with Crippen LogP contribution in [0, 0.1) is 5.92 Å². The molecule has 2 nitrogen and oxygen atoms in total. The van der Waals surface area contributed by atoms with Gasteiger partial charge in [-0.15, -0.1) is 0 Å². The molecular formula is C14H27BO2. The minimum Gasteiger partial charge on any atom is -0.463 e. The van der Waals surface area contributed by atoms with E-state index in [9.17, 15) is 4.79 Å². The third-order valence-electron chi connectivity index (χ3n) is 2.87. The van der Waals surface area contributed by atoms with E-state index in [1.165, 1.54) is 19.3 Å². The Morgan fingerprint density at radius 1 is 1.18 bits per heavy atom. The van der Waals surface area contributed by atoms with Crippen molar-refractivity contribution >= 4 is 13.8 Å². The number of ether oxygens (including phenoxy) is 1. The normalized spacial score (nSPS) is 12.7. The van der Waals surface area contributed by atoms with E-state index in [0.717, 1.165) is 31.5 Å². The molecule has 2 radical (unpaired) electrons. The lowest BCUT2D eigenvalue weighted by Crippen LogP contribution is -2.11. The van der Waals surface area contributed by atoms with Crippen LogP contribution in [0.2, 0.25) is 6.32 Å². The number of carbonyl (C=O) groups is 1. The van der Waals surface area contributed by atoms with Crippen LogP contribution < -0.4 is 0 Å². The minimum atomic E-state index is -0.0610. The summed E-state index contributed by atoms with van der Waals surface area (Å²) >= 11 is 0. The van der Waals surface area contributed by atoms with E-state index in [4.69, 9.17) is 12.6 Å². The summed E-state index contributed by atoms with van der Waals surface area (Å²) in [5.74, 6) is 0.671. The van der Waals surface area contributed by atoms with Gasteiger partial charge in [-0.25, -0.2) is 0 Å². The molecule has 0 spiro atoms. The highest BCUT2D eigenvalue weighted by Gasteiger charge is 2.10. The van der Waals surface area contributed by atoms with Gasteiger partial charge in [-0.2, -0.15) is 0 Å². The molecule has 0 aromatic heterocycles. The number of rotatable bonds is 10. The predicted octanol–water partition coefficient (Wildman–Crippen LogP) is 3.89. The van der Waals surface area contributed by atoms with E-state index in [1.807, 2.05) is 13.8 Å². The van der Waals surface area contributed by atoms with Crippen molar-refractivity contribution in [3.8, 4) is 0 Å². The number of carbonyl (C=O) groups excluding carboxylic acids is 1. The largest absolute Gasteiger partial charge is 0.463 e. The molecule has 0 aliphatic carbocycles. The maximum absolute atomic E-state index is 11.4. The van der Waals surface area contributed by atoms with Crippen LogP contribution in [0.1, 0.15) is 65.7 Å². The molecule has 0 aliphatic rings. The van der Waals surface area contributed by atoms with Gasteiger partial charge in [0, 0.05) is 6.42 Å². The molecule has 0 heterocycles. The maximum Gasteiger partial charge on any atom is 0.306 e. The zero-order chi connectivity index (χ0) is 13.1. The average molecular weight is 238 g/mol. The zero-order valence-corrected chi connectivity index (χ0v) is 11.7. The fourth-order valence-corrected chi connectivity index (χ4v) is 2.10. The molecule has 0 aromatic rings. The summed E-state index contributed by atoms with van der Waals surface area (Å²) in [6, 6.07) is 0. The molecule has 0 saturated heterocycles. The molecule has 0 saturated carbocycles. The number of esters is 1. The molecule has 17 heavy (non-hydrogen) atoms. The summed E-state index contributed by atoms with van der Waals surface area (Å²) in [7, 11) is 5.53. The Balaban J connectivity index is 3.69. The van der Waals surface area contributed by atoms with Crippen LogP contribution in [0.25, 0.3) is 0 Å². The highest BCUT2D eigenvalue weighted by atomic mass is 16.5. The van der Waals surface area contributed by atoms with Crippen molar-refractivity contribution in [2.24, 2.45) is 5.92 Å². The van der Waals surface area contributed by atoms with Gasteiger partial charge in [-0.1, -0.05) is 38.9 Å². The Labute approximate surface area is 108 Å². The summed E-state index contributed by atoms with van der Waals surface area (Å²) in [5, 5.41) is 0. The highest BCUT2D eigenvalue weighted by molar-refractivity contribution is 6.08. The lowest BCUT2D eigenvalue weighted by atomic mass is 9.89. The Morgan fingerprint density at radius 2 is 1.82 bits per heavy atom. The molecule has 0 N–H and O–H groups in total. The molecule has 0 bridgehead atoms. The van der Waals surface area contributed by atoms with Gasteiger partial charge in [-0.05, 0) is 32.6 Å². The van der Waals surface area contributed by atoms with Crippen LogP contribution >= 0.6 is 0 Å². The van der Waals surface area contributed by atoms with Gasteiger partial charge in [0.25, 0.3) is 0 Å². The Hall–Kier alpha value is -0.465. The number of hydrogen-bond acceptors (Lipinski definition) is 2. The first kappa shape index (κ1) is 16.5. The van der Waals surface area contributed by atoms with E-state index in [1.54, 1.807) is 0 Å². The van der Waals surface area contributed by atoms with Gasteiger partial charge < -0.3 is 4.74 Å². The van der Waals surface area contributed by atoms with Crippen molar-refractivity contribution in [1.29, 1.82) is 0 Å². The molecule has 98 valence electrons. The first-order valence-electron chi connectivity index (χ1n) is 6.99. The van der Waals surface area contributed by atoms with E-state index in [-0.39, 0.29) is 12.1 Å². The van der Waals surface area contributed by atoms with E-state index in [2.05, 4.69) is 6.92 Å². The molecule has 3 heteroatoms. The van der Waals surface area contributed by atoms with Gasteiger partial charge in [-0.3, -0.25) is 4.79 Å². The van der Waals surface area contributed by atoms with Crippen molar-refractivity contribution < 1.29 is 9.53 Å². The van der Waals surface area contributed by atoms with Crippen molar-refractivity contribution in [1.82, 2.24) is 0 Å². The minimum absolute atomic E-state index is 0.00572. The second-order valence-corrected chi connectivity index (χ2v) is 5.02. The standard InChI is InChI=1S/C14H27BO2/c1-4-7-13(9-6-11-15)8-5-10-14(16)17-12(2)3/h12-13H,4-11H2,1-3H3. The summed E-state index contributed by atoms with van der Waals surface area (Å²) in [6.45, 7) is 5.99. The van der Waals surface area contributed by atoms with E-state index >= 15 is 0 Å². The Bertz CT molecular complexity index is 193. The van der Waals surface area contributed by atoms with Crippen LogP contribution in [0.3, 0.4) is 0 Å². The molecular weight excluding hydrogens is 211 g/mol. The third kappa shape index (κ3) is 10.4. The van der Waals surface area contributed by atoms with Gasteiger partial charge in [0.15, 0.2) is 0 Å². The SMILES string of the molecule is [B]CCCC(CCC)CCCC(=O)OC(C)C. The van der Waals surface area contributed by atoms with Crippen LogP contribution in [0.5, 0.6) is 0 Å². The molecule has 1 atom stereocenters. The molecule has 0 rings (SSSR count). The van der Waals surface area contributed by atoms with Crippen LogP contribution in [-0.2, 0) is 9.53 Å². The summed E-state index contributed by atoms with van der Waals surface area (Å²) in [6.07, 6.45) is 8.17. The highest BCUT2D eigenvalue weighted by Crippen LogP contribution is 2.21. The fraction of sp³-hybridized carbons (Fsp3) is 0.929. The lowest BCUT2D eigenvalue weighted by Gasteiger charge is -2.15. The van der Waals surface area contributed by atoms with Crippen molar-refractivity contribution in [2.75, 3.05) is 0 Å². The molecule has 0 amide bonds. The van der Waals surface area contributed by atoms with Gasteiger partial charge in [0.05, 0.1) is 14.0 Å². The van der Waals surface area contributed by atoms with E-state index in [0.29, 0.717) is 6.42 Å². The fourth-order valence-electron chi connectivity index (χ4n) is 2.10. The van der Waals surface area contributed by atoms with Gasteiger partial charge in [0.1, 0.15) is 0 Å². The van der Waals surface area contributed by atoms with Gasteiger partial charge >= 0.3 is 5.97 Å². The first-order chi connectivity index (χ1) is 8.10. The molecule has 0 aliphatic heterocycles. The predicted molar refractivity (Wildman–Crippen MR) is 73.3 cm³/mol. The molecule has 0 fully saturated rings. The van der Waals surface area contributed by atoms with Crippen LogP contribution in [-0.4, -0.2) is 19.9 Å². The Kier molecular flexibility index (Phi) is 10.4. The molecule has 0 aromatic carbocycles. The quantitative estimate of drug-likeness (QED) is 0.426. The molecule has 1 unspecified atom stereocenters. The Morgan fingerprint density at radius 3 is 2.35 bits per heavy atom. The smallest absolute Gasteiger partial charge is 0.306 e. The second kappa shape index (κ2) is 10.7.